The first-order valence-corrected chi connectivity index (χ1v) is 7.00. The van der Waals surface area contributed by atoms with Crippen LogP contribution in [-0.4, -0.2) is 37.9 Å². The van der Waals surface area contributed by atoms with Crippen LogP contribution < -0.4 is 10.0 Å². The van der Waals surface area contributed by atoms with Gasteiger partial charge in [-0.05, 0) is 31.2 Å². The molecule has 20 heavy (non-hydrogen) atoms. The number of hydrogen-bond acceptors (Lipinski definition) is 5. The van der Waals surface area contributed by atoms with Crippen LogP contribution in [0.4, 0.5) is 16.2 Å². The van der Waals surface area contributed by atoms with Crippen LogP contribution in [0, 0.1) is 0 Å². The monoisotopic (exact) mass is 302 g/mol. The van der Waals surface area contributed by atoms with Gasteiger partial charge in [-0.3, -0.25) is 14.8 Å². The predicted octanol–water partition coefficient (Wildman–Crippen LogP) is 1.08. The number of rotatable bonds is 5. The molecular formula is C11H14N2O6S. The van der Waals surface area contributed by atoms with Gasteiger partial charge in [0.1, 0.15) is 0 Å². The zero-order chi connectivity index (χ0) is 15.3. The first-order chi connectivity index (χ1) is 9.26. The predicted molar refractivity (Wildman–Crippen MR) is 72.1 cm³/mol. The molecule has 3 N–H and O–H groups in total. The highest BCUT2D eigenvalue weighted by atomic mass is 32.2. The standard InChI is InChI=1S/C11H14N2O6S/c1-7(10(14)15)20(17,18)13-9-5-3-8(4-6-9)12-11(16)19-2/h3-7,13H,1-2H3,(H,12,16)(H,14,15). The van der Waals surface area contributed by atoms with E-state index in [-0.39, 0.29) is 5.69 Å². The third-order valence-electron chi connectivity index (χ3n) is 2.39. The van der Waals surface area contributed by atoms with Gasteiger partial charge in [0.2, 0.25) is 10.0 Å². The fraction of sp³-hybridized carbons (Fsp3) is 0.273. The molecule has 1 aromatic rings. The van der Waals surface area contributed by atoms with Gasteiger partial charge in [-0.15, -0.1) is 0 Å². The number of carboxylic acids is 1. The molecule has 0 aliphatic heterocycles. The van der Waals surface area contributed by atoms with Crippen molar-refractivity contribution in [2.75, 3.05) is 17.1 Å². The Labute approximate surface area is 115 Å². The summed E-state index contributed by atoms with van der Waals surface area (Å²) in [6, 6.07) is 5.66. The summed E-state index contributed by atoms with van der Waals surface area (Å²) in [7, 11) is -2.80. The number of anilines is 2. The Bertz CT molecular complexity index is 596. The molecule has 0 aliphatic carbocycles. The number of carbonyl (C=O) groups excluding carboxylic acids is 1. The van der Waals surface area contributed by atoms with Gasteiger partial charge in [0.05, 0.1) is 7.11 Å². The largest absolute Gasteiger partial charge is 0.480 e. The zero-order valence-corrected chi connectivity index (χ0v) is 11.6. The van der Waals surface area contributed by atoms with E-state index in [9.17, 15) is 18.0 Å². The van der Waals surface area contributed by atoms with Crippen LogP contribution in [0.3, 0.4) is 0 Å². The minimum Gasteiger partial charge on any atom is -0.480 e. The Kier molecular flexibility index (Phi) is 4.92. The molecule has 0 saturated heterocycles. The molecule has 1 unspecified atom stereocenters. The lowest BCUT2D eigenvalue weighted by Crippen LogP contribution is -2.32. The van der Waals surface area contributed by atoms with Gasteiger partial charge >= 0.3 is 12.1 Å². The highest BCUT2D eigenvalue weighted by Gasteiger charge is 2.27. The maximum absolute atomic E-state index is 11.7. The number of benzene rings is 1. The van der Waals surface area contributed by atoms with E-state index in [4.69, 9.17) is 5.11 Å². The summed E-state index contributed by atoms with van der Waals surface area (Å²) >= 11 is 0. The fourth-order valence-electron chi connectivity index (χ4n) is 1.18. The zero-order valence-electron chi connectivity index (χ0n) is 10.8. The number of ether oxygens (including phenoxy) is 1. The van der Waals surface area contributed by atoms with E-state index in [0.717, 1.165) is 6.92 Å². The Hall–Kier alpha value is -2.29. The third-order valence-corrected chi connectivity index (χ3v) is 4.04. The number of carbonyl (C=O) groups is 2. The molecule has 9 heteroatoms. The SMILES string of the molecule is COC(=O)Nc1ccc(NS(=O)(=O)C(C)C(=O)O)cc1. The molecular weight excluding hydrogens is 288 g/mol. The van der Waals surface area contributed by atoms with Crippen LogP contribution in [0.25, 0.3) is 0 Å². The van der Waals surface area contributed by atoms with E-state index < -0.39 is 27.3 Å². The Morgan fingerprint density at radius 2 is 1.70 bits per heavy atom. The molecule has 110 valence electrons. The van der Waals surface area contributed by atoms with Crippen molar-refractivity contribution in [3.63, 3.8) is 0 Å². The maximum atomic E-state index is 11.7. The molecule has 0 heterocycles. The van der Waals surface area contributed by atoms with Crippen LogP contribution >= 0.6 is 0 Å². The lowest BCUT2D eigenvalue weighted by atomic mass is 10.3. The average Bonchev–Trinajstić information content (AvgIpc) is 2.39. The lowest BCUT2D eigenvalue weighted by molar-refractivity contribution is -0.136. The van der Waals surface area contributed by atoms with Crippen LogP contribution in [0.15, 0.2) is 24.3 Å². The van der Waals surface area contributed by atoms with Gasteiger partial charge in [0.15, 0.2) is 5.25 Å². The fourth-order valence-corrected chi connectivity index (χ4v) is 2.08. The van der Waals surface area contributed by atoms with Crippen molar-refractivity contribution in [2.24, 2.45) is 0 Å². The minimum atomic E-state index is -4.01. The van der Waals surface area contributed by atoms with Gasteiger partial charge in [0, 0.05) is 11.4 Å². The van der Waals surface area contributed by atoms with Crippen LogP contribution in [-0.2, 0) is 19.6 Å². The summed E-state index contributed by atoms with van der Waals surface area (Å²) in [6.07, 6.45) is -0.655. The van der Waals surface area contributed by atoms with E-state index in [1.165, 1.54) is 31.4 Å². The summed E-state index contributed by atoms with van der Waals surface area (Å²) in [5, 5.41) is 9.50. The van der Waals surface area contributed by atoms with E-state index >= 15 is 0 Å². The third kappa shape index (κ3) is 4.12. The first kappa shape index (κ1) is 15.8. The molecule has 0 bridgehead atoms. The van der Waals surface area contributed by atoms with Gasteiger partial charge in [-0.1, -0.05) is 0 Å². The number of hydrogen-bond donors (Lipinski definition) is 3. The quantitative estimate of drug-likeness (QED) is 0.748. The smallest absolute Gasteiger partial charge is 0.411 e. The van der Waals surface area contributed by atoms with Gasteiger partial charge in [0.25, 0.3) is 0 Å². The molecule has 1 aromatic carbocycles. The molecule has 0 radical (unpaired) electrons. The molecule has 1 amide bonds. The van der Waals surface area contributed by atoms with Gasteiger partial charge in [-0.2, -0.15) is 0 Å². The first-order valence-electron chi connectivity index (χ1n) is 5.45. The summed E-state index contributed by atoms with van der Waals surface area (Å²) in [5.74, 6) is -1.44. The number of sulfonamides is 1. The average molecular weight is 302 g/mol. The summed E-state index contributed by atoms with van der Waals surface area (Å²) < 4.78 is 29.9. The second-order valence-corrected chi connectivity index (χ2v) is 5.82. The second kappa shape index (κ2) is 6.24. The van der Waals surface area contributed by atoms with Crippen molar-refractivity contribution in [3.8, 4) is 0 Å². The molecule has 0 spiro atoms. The molecule has 0 aliphatic rings. The van der Waals surface area contributed by atoms with Gasteiger partial charge < -0.3 is 9.84 Å². The molecule has 1 atom stereocenters. The maximum Gasteiger partial charge on any atom is 0.411 e. The highest BCUT2D eigenvalue weighted by Crippen LogP contribution is 2.16. The van der Waals surface area contributed by atoms with Crippen molar-refractivity contribution in [1.29, 1.82) is 0 Å². The van der Waals surface area contributed by atoms with Crippen molar-refractivity contribution in [2.45, 2.75) is 12.2 Å². The molecule has 0 aromatic heterocycles. The van der Waals surface area contributed by atoms with Crippen molar-refractivity contribution in [1.82, 2.24) is 0 Å². The molecule has 1 rings (SSSR count). The summed E-state index contributed by atoms with van der Waals surface area (Å²) in [5.41, 5.74) is 0.597. The van der Waals surface area contributed by atoms with E-state index in [1.807, 2.05) is 0 Å². The normalized spacial score (nSPS) is 12.3. The number of amides is 1. The Morgan fingerprint density at radius 3 is 2.15 bits per heavy atom. The van der Waals surface area contributed by atoms with E-state index in [0.29, 0.717) is 5.69 Å². The lowest BCUT2D eigenvalue weighted by Gasteiger charge is -2.11. The van der Waals surface area contributed by atoms with Crippen LogP contribution in [0.2, 0.25) is 0 Å². The Balaban J connectivity index is 2.80. The number of aliphatic carboxylic acids is 1. The van der Waals surface area contributed by atoms with Crippen molar-refractivity contribution >= 4 is 33.5 Å². The number of carboxylic acid groups (broad SMARTS) is 1. The van der Waals surface area contributed by atoms with Crippen LogP contribution in [0.5, 0.6) is 0 Å². The second-order valence-electron chi connectivity index (χ2n) is 3.82. The van der Waals surface area contributed by atoms with Crippen molar-refractivity contribution in [3.05, 3.63) is 24.3 Å². The van der Waals surface area contributed by atoms with Crippen molar-refractivity contribution < 1.29 is 27.9 Å². The van der Waals surface area contributed by atoms with Gasteiger partial charge in [-0.25, -0.2) is 13.2 Å². The van der Waals surface area contributed by atoms with Crippen LogP contribution in [0.1, 0.15) is 6.92 Å². The molecule has 0 fully saturated rings. The van der Waals surface area contributed by atoms with E-state index in [2.05, 4.69) is 14.8 Å². The highest BCUT2D eigenvalue weighted by molar-refractivity contribution is 7.94. The molecule has 8 nitrogen and oxygen atoms in total. The molecule has 0 saturated carbocycles. The summed E-state index contributed by atoms with van der Waals surface area (Å²) in [4.78, 5) is 21.6. The summed E-state index contributed by atoms with van der Waals surface area (Å²) in [6.45, 7) is 1.07. The minimum absolute atomic E-state index is 0.188. The Morgan fingerprint density at radius 1 is 1.20 bits per heavy atom. The van der Waals surface area contributed by atoms with E-state index in [1.54, 1.807) is 0 Å². The topological polar surface area (TPSA) is 122 Å². The number of nitrogens with one attached hydrogen (secondary N) is 2. The number of methoxy groups -OCH3 is 1.